The summed E-state index contributed by atoms with van der Waals surface area (Å²) in [6.07, 6.45) is 1.67. The van der Waals surface area contributed by atoms with Crippen molar-refractivity contribution < 1.29 is 14.3 Å². The number of aryl methyl sites for hydroxylation is 1. The van der Waals surface area contributed by atoms with Gasteiger partial charge >= 0.3 is 12.0 Å². The van der Waals surface area contributed by atoms with E-state index in [-0.39, 0.29) is 25.0 Å². The number of hydrogen-bond donors (Lipinski definition) is 1. The molecule has 140 valence electrons. The maximum absolute atomic E-state index is 12.2. The number of rotatable bonds is 5. The number of carbonyl (C=O) groups excluding carboxylic acids is 2. The maximum Gasteiger partial charge on any atom is 0.317 e. The number of aromatic nitrogens is 5. The van der Waals surface area contributed by atoms with Crippen LogP contribution in [0.25, 0.3) is 11.2 Å². The molecule has 2 aromatic rings. The van der Waals surface area contributed by atoms with Crippen molar-refractivity contribution in [3.63, 3.8) is 0 Å². The second kappa shape index (κ2) is 7.93. The first kappa shape index (κ1) is 17.8. The lowest BCUT2D eigenvalue weighted by Crippen LogP contribution is -2.52. The number of nitrogens with one attached hydrogen (secondary N) is 1. The Bertz CT molecular complexity index is 784. The van der Waals surface area contributed by atoms with Crippen molar-refractivity contribution in [3.8, 4) is 0 Å². The van der Waals surface area contributed by atoms with Gasteiger partial charge in [0.1, 0.15) is 6.33 Å². The minimum absolute atomic E-state index is 0.172. The molecule has 1 aliphatic rings. The predicted molar refractivity (Wildman–Crippen MR) is 92.5 cm³/mol. The maximum atomic E-state index is 12.2. The van der Waals surface area contributed by atoms with E-state index in [4.69, 9.17) is 4.74 Å². The fraction of sp³-hybridized carbons (Fsp3) is 0.600. The van der Waals surface area contributed by atoms with Gasteiger partial charge in [-0.1, -0.05) is 5.21 Å². The third kappa shape index (κ3) is 3.81. The van der Waals surface area contributed by atoms with Crippen molar-refractivity contribution in [2.75, 3.05) is 44.2 Å². The first-order chi connectivity index (χ1) is 12.6. The molecule has 0 aliphatic carbocycles. The van der Waals surface area contributed by atoms with Gasteiger partial charge in [-0.05, 0) is 6.92 Å². The van der Waals surface area contributed by atoms with Crippen molar-refractivity contribution in [3.05, 3.63) is 6.33 Å². The number of ether oxygens (including phenoxy) is 1. The normalized spacial score (nSPS) is 14.5. The summed E-state index contributed by atoms with van der Waals surface area (Å²) in [5.74, 6) is 0.417. The molecule has 0 unspecified atom stereocenters. The zero-order valence-corrected chi connectivity index (χ0v) is 14.9. The quantitative estimate of drug-likeness (QED) is 0.710. The van der Waals surface area contributed by atoms with Gasteiger partial charge in [-0.3, -0.25) is 4.79 Å². The summed E-state index contributed by atoms with van der Waals surface area (Å²) in [4.78, 5) is 35.8. The number of nitrogens with zero attached hydrogens (tertiary/aromatic N) is 7. The second-order valence-corrected chi connectivity index (χ2v) is 5.84. The van der Waals surface area contributed by atoms with Crippen molar-refractivity contribution in [1.82, 2.24) is 35.2 Å². The number of carbonyl (C=O) groups is 2. The summed E-state index contributed by atoms with van der Waals surface area (Å²) in [7, 11) is 1.78. The van der Waals surface area contributed by atoms with Gasteiger partial charge in [0.2, 0.25) is 0 Å². The zero-order chi connectivity index (χ0) is 18.5. The standard InChI is InChI=1S/C15H22N8O3/c1-3-26-11(24)4-5-16-15(25)23-8-6-22(7-9-23)14-12-13(17-10-18-14)21(2)20-19-12/h10H,3-9H2,1-2H3,(H,16,25). The van der Waals surface area contributed by atoms with Crippen LogP contribution < -0.4 is 10.2 Å². The molecule has 0 aromatic carbocycles. The predicted octanol–water partition coefficient (Wildman–Crippen LogP) is -0.457. The molecule has 1 aliphatic heterocycles. The van der Waals surface area contributed by atoms with Gasteiger partial charge in [-0.2, -0.15) is 0 Å². The van der Waals surface area contributed by atoms with E-state index in [0.717, 1.165) is 5.82 Å². The molecule has 0 saturated carbocycles. The molecule has 11 nitrogen and oxygen atoms in total. The molecular weight excluding hydrogens is 340 g/mol. The molecule has 26 heavy (non-hydrogen) atoms. The minimum atomic E-state index is -0.311. The number of hydrogen-bond acceptors (Lipinski definition) is 8. The highest BCUT2D eigenvalue weighted by Crippen LogP contribution is 2.21. The van der Waals surface area contributed by atoms with Crippen LogP contribution in [0.3, 0.4) is 0 Å². The molecule has 2 aromatic heterocycles. The average molecular weight is 362 g/mol. The molecule has 3 heterocycles. The summed E-state index contributed by atoms with van der Waals surface area (Å²) < 4.78 is 6.44. The highest BCUT2D eigenvalue weighted by atomic mass is 16.5. The van der Waals surface area contributed by atoms with Crippen LogP contribution in [0.1, 0.15) is 13.3 Å². The number of piperazine rings is 1. The first-order valence-electron chi connectivity index (χ1n) is 8.54. The number of esters is 1. The van der Waals surface area contributed by atoms with Crippen molar-refractivity contribution >= 4 is 29.0 Å². The lowest BCUT2D eigenvalue weighted by Gasteiger charge is -2.35. The van der Waals surface area contributed by atoms with Gasteiger partial charge in [0.15, 0.2) is 17.0 Å². The van der Waals surface area contributed by atoms with Gasteiger partial charge in [-0.25, -0.2) is 19.4 Å². The van der Waals surface area contributed by atoms with Crippen molar-refractivity contribution in [2.24, 2.45) is 7.05 Å². The van der Waals surface area contributed by atoms with E-state index in [1.807, 2.05) is 0 Å². The van der Waals surface area contributed by atoms with E-state index in [1.54, 1.807) is 23.6 Å². The number of amides is 2. The second-order valence-electron chi connectivity index (χ2n) is 5.84. The van der Waals surface area contributed by atoms with Crippen LogP contribution in [0.15, 0.2) is 6.33 Å². The first-order valence-corrected chi connectivity index (χ1v) is 8.54. The summed E-state index contributed by atoms with van der Waals surface area (Å²) in [6.45, 7) is 4.74. The molecule has 11 heteroatoms. The molecule has 3 rings (SSSR count). The third-order valence-electron chi connectivity index (χ3n) is 4.15. The van der Waals surface area contributed by atoms with Gasteiger partial charge < -0.3 is 19.9 Å². The summed E-state index contributed by atoms with van der Waals surface area (Å²) >= 11 is 0. The Morgan fingerprint density at radius 1 is 1.23 bits per heavy atom. The SMILES string of the molecule is CCOC(=O)CCNC(=O)N1CCN(c2ncnc3c2nnn3C)CC1. The van der Waals surface area contributed by atoms with E-state index >= 15 is 0 Å². The molecule has 1 saturated heterocycles. The minimum Gasteiger partial charge on any atom is -0.466 e. The zero-order valence-electron chi connectivity index (χ0n) is 14.9. The molecule has 0 atom stereocenters. The van der Waals surface area contributed by atoms with Gasteiger partial charge in [0.05, 0.1) is 13.0 Å². The average Bonchev–Trinajstić information content (AvgIpc) is 3.03. The lowest BCUT2D eigenvalue weighted by molar-refractivity contribution is -0.142. The Labute approximate surface area is 150 Å². The Morgan fingerprint density at radius 2 is 2.00 bits per heavy atom. The van der Waals surface area contributed by atoms with Crippen LogP contribution in [-0.2, 0) is 16.6 Å². The van der Waals surface area contributed by atoms with Crippen molar-refractivity contribution in [1.29, 1.82) is 0 Å². The molecule has 2 amide bonds. The Morgan fingerprint density at radius 3 is 2.73 bits per heavy atom. The number of urea groups is 1. The van der Waals surface area contributed by atoms with Gasteiger partial charge in [-0.15, -0.1) is 5.10 Å². The monoisotopic (exact) mass is 362 g/mol. The van der Waals surface area contributed by atoms with Crippen LogP contribution in [-0.4, -0.2) is 81.2 Å². The Hall–Kier alpha value is -2.98. The fourth-order valence-corrected chi connectivity index (χ4v) is 2.81. The van der Waals surface area contributed by atoms with Gasteiger partial charge in [0, 0.05) is 39.8 Å². The highest BCUT2D eigenvalue weighted by Gasteiger charge is 2.24. The van der Waals surface area contributed by atoms with Crippen LogP contribution in [0, 0.1) is 0 Å². The number of fused-ring (bicyclic) bond motifs is 1. The fourth-order valence-electron chi connectivity index (χ4n) is 2.81. The molecule has 0 bridgehead atoms. The van der Waals surface area contributed by atoms with E-state index in [2.05, 4.69) is 30.5 Å². The Balaban J connectivity index is 1.52. The third-order valence-corrected chi connectivity index (χ3v) is 4.15. The smallest absolute Gasteiger partial charge is 0.317 e. The van der Waals surface area contributed by atoms with Crippen LogP contribution in [0.4, 0.5) is 10.6 Å². The topological polar surface area (TPSA) is 118 Å². The molecule has 0 spiro atoms. The summed E-state index contributed by atoms with van der Waals surface area (Å²) in [5, 5.41) is 10.9. The van der Waals surface area contributed by atoms with E-state index in [9.17, 15) is 9.59 Å². The molecular formula is C15H22N8O3. The highest BCUT2D eigenvalue weighted by molar-refractivity contribution is 5.82. The van der Waals surface area contributed by atoms with E-state index in [1.165, 1.54) is 6.33 Å². The van der Waals surface area contributed by atoms with E-state index in [0.29, 0.717) is 43.9 Å². The summed E-state index contributed by atoms with van der Waals surface area (Å²) in [5.41, 5.74) is 1.33. The van der Waals surface area contributed by atoms with Crippen molar-refractivity contribution in [2.45, 2.75) is 13.3 Å². The van der Waals surface area contributed by atoms with Gasteiger partial charge in [0.25, 0.3) is 0 Å². The van der Waals surface area contributed by atoms with E-state index < -0.39 is 0 Å². The Kier molecular flexibility index (Phi) is 5.44. The largest absolute Gasteiger partial charge is 0.466 e. The molecule has 1 N–H and O–H groups in total. The van der Waals surface area contributed by atoms with Crippen LogP contribution in [0.5, 0.6) is 0 Å². The van der Waals surface area contributed by atoms with Crippen LogP contribution in [0.2, 0.25) is 0 Å². The number of anilines is 1. The molecule has 0 radical (unpaired) electrons. The lowest BCUT2D eigenvalue weighted by atomic mass is 10.3. The van der Waals surface area contributed by atoms with Crippen LogP contribution >= 0.6 is 0 Å². The summed E-state index contributed by atoms with van der Waals surface area (Å²) in [6, 6.07) is -0.179. The molecule has 1 fully saturated rings.